The molecule has 0 amide bonds. The van der Waals surface area contributed by atoms with E-state index in [0.29, 0.717) is 64.9 Å². The lowest BCUT2D eigenvalue weighted by Crippen LogP contribution is -2.55. The number of aliphatic hydroxyl groups excluding tert-OH is 2. The van der Waals surface area contributed by atoms with E-state index < -0.39 is 125 Å². The van der Waals surface area contributed by atoms with E-state index in [-0.39, 0.29) is 53.9 Å². The third-order valence-corrected chi connectivity index (χ3v) is 21.0. The molecule has 11 aromatic rings. The van der Waals surface area contributed by atoms with Gasteiger partial charge in [0.15, 0.2) is 12.0 Å². The minimum absolute atomic E-state index is 0.125. The van der Waals surface area contributed by atoms with Gasteiger partial charge in [-0.05, 0) is 215 Å². The number of oxime groups is 2. The van der Waals surface area contributed by atoms with Gasteiger partial charge < -0.3 is 51.6 Å². The van der Waals surface area contributed by atoms with Crippen LogP contribution in [0.3, 0.4) is 0 Å². The molecule has 2 aliphatic rings. The number of para-hydroxylation sites is 4. The smallest absolute Gasteiger partial charge is 0.411 e. The summed E-state index contributed by atoms with van der Waals surface area (Å²) in [5.74, 6) is -3.40. The first-order valence-electron chi connectivity index (χ1n) is 38.2. The van der Waals surface area contributed by atoms with Crippen molar-refractivity contribution in [3.63, 3.8) is 0 Å². The Hall–Kier alpha value is -8.39. The van der Waals surface area contributed by atoms with Crippen LogP contribution in [0.5, 0.6) is 0 Å². The van der Waals surface area contributed by atoms with Gasteiger partial charge in [0.1, 0.15) is 64.2 Å². The number of nitrogens with zero attached hydrogens (tertiary/aromatic N) is 3. The van der Waals surface area contributed by atoms with Crippen molar-refractivity contribution in [1.82, 2.24) is 30.2 Å². The van der Waals surface area contributed by atoms with E-state index in [2.05, 4.69) is 104 Å². The van der Waals surface area contributed by atoms with Crippen LogP contribution in [0.1, 0.15) is 130 Å². The molecule has 690 valence electrons. The first kappa shape index (κ1) is 110. The monoisotopic (exact) mass is 2150 g/mol. The minimum atomic E-state index is -4.73. The summed E-state index contributed by atoms with van der Waals surface area (Å²) in [5.41, 5.74) is 6.85. The molecule has 0 spiro atoms. The minimum Gasteiger partial charge on any atom is -0.411 e. The Morgan fingerprint density at radius 2 is 1.02 bits per heavy atom. The zero-order chi connectivity index (χ0) is 95.0. The Morgan fingerprint density at radius 3 is 1.40 bits per heavy atom. The molecule has 11 N–H and O–H groups in total. The van der Waals surface area contributed by atoms with Crippen molar-refractivity contribution < 1.29 is 114 Å². The molecule has 15 nitrogen and oxygen atoms in total. The van der Waals surface area contributed by atoms with Crippen molar-refractivity contribution in [2.24, 2.45) is 16.0 Å². The molecule has 0 saturated heterocycles. The highest BCUT2D eigenvalue weighted by molar-refractivity contribution is 14.1. The van der Waals surface area contributed by atoms with Gasteiger partial charge in [0.05, 0.1) is 35.9 Å². The van der Waals surface area contributed by atoms with E-state index >= 15 is 8.78 Å². The molecule has 0 saturated carbocycles. The first-order chi connectivity index (χ1) is 58.7. The normalized spacial score (nSPS) is 14.5. The summed E-state index contributed by atoms with van der Waals surface area (Å²) in [6, 6.07) is 33.9. The van der Waals surface area contributed by atoms with Crippen LogP contribution < -0.4 is 11.1 Å². The summed E-state index contributed by atoms with van der Waals surface area (Å²) in [4.78, 5) is 32.5. The topological polar surface area (TPSA) is 244 Å². The lowest BCUT2D eigenvalue weighted by molar-refractivity contribution is -0.195. The van der Waals surface area contributed by atoms with Gasteiger partial charge in [-0.2, -0.15) is 52.7 Å². The predicted octanol–water partition coefficient (Wildman–Crippen LogP) is 24.3. The Bertz CT molecular complexity index is 5270. The zero-order valence-electron chi connectivity index (χ0n) is 69.3. The van der Waals surface area contributed by atoms with Crippen LogP contribution in [-0.2, 0) is 36.9 Å². The third kappa shape index (κ3) is 36.3. The number of alkyl halides is 17. The third-order valence-electron chi connectivity index (χ3n) is 18.1. The summed E-state index contributed by atoms with van der Waals surface area (Å²) in [6.45, 7) is 11.8. The van der Waals surface area contributed by atoms with Gasteiger partial charge in [0.2, 0.25) is 0 Å². The Labute approximate surface area is 759 Å². The van der Waals surface area contributed by atoms with Gasteiger partial charge in [-0.1, -0.05) is 158 Å². The van der Waals surface area contributed by atoms with Gasteiger partial charge >= 0.3 is 24.7 Å². The van der Waals surface area contributed by atoms with E-state index in [1.165, 1.54) is 38.1 Å². The fourth-order valence-corrected chi connectivity index (χ4v) is 13.0. The fourth-order valence-electron chi connectivity index (χ4n) is 11.8. The van der Waals surface area contributed by atoms with Crippen LogP contribution in [0.25, 0.3) is 49.7 Å². The van der Waals surface area contributed by atoms with Crippen LogP contribution in [-0.4, -0.2) is 166 Å². The molecule has 126 heavy (non-hydrogen) atoms. The summed E-state index contributed by atoms with van der Waals surface area (Å²) < 4.78 is 252. The number of ketones is 1. The summed E-state index contributed by atoms with van der Waals surface area (Å²) >= 11 is 9.55. The number of hydrogen-bond donors (Lipinski definition) is 10. The highest BCUT2D eigenvalue weighted by Crippen LogP contribution is 2.47. The largest absolute Gasteiger partial charge is 0.433 e. The van der Waals surface area contributed by atoms with Gasteiger partial charge in [0, 0.05) is 105 Å². The van der Waals surface area contributed by atoms with E-state index in [1.807, 2.05) is 25.1 Å². The Balaban J connectivity index is 0.000000312. The van der Waals surface area contributed by atoms with Crippen LogP contribution in [0, 0.1) is 30.4 Å². The van der Waals surface area contributed by atoms with Crippen LogP contribution in [0.4, 0.5) is 83.4 Å². The number of carbonyl (C=O) groups is 2. The fraction of sp³-hybridized carbons (Fsp3) is 0.364. The zero-order valence-corrected chi connectivity index (χ0v) is 76.8. The van der Waals surface area contributed by atoms with Gasteiger partial charge in [-0.25, -0.2) is 30.7 Å². The van der Waals surface area contributed by atoms with Crippen molar-refractivity contribution in [2.75, 3.05) is 37.0 Å². The maximum atomic E-state index is 15.0. The molecule has 0 radical (unpaired) electrons. The van der Waals surface area contributed by atoms with Crippen LogP contribution in [0.2, 0.25) is 0 Å². The second kappa shape index (κ2) is 50.5. The number of halogens is 23. The average molecular weight is 2150 g/mol. The molecule has 0 fully saturated rings. The molecule has 13 rings (SSSR count). The second-order valence-corrected chi connectivity index (χ2v) is 33.6. The van der Waals surface area contributed by atoms with E-state index in [0.717, 1.165) is 76.8 Å². The average Bonchev–Trinajstić information content (AvgIpc) is 1.52. The Kier molecular flexibility index (Phi) is 44.1. The molecule has 1 aliphatic carbocycles. The predicted molar refractivity (Wildman–Crippen MR) is 479 cm³/mol. The molecule has 1 aliphatic heterocycles. The van der Waals surface area contributed by atoms with Gasteiger partial charge in [-0.3, -0.25) is 14.5 Å². The molecule has 4 aromatic heterocycles. The SMILES string of the molecule is C/C(CBr)=N\O.C1=Cc2ccccc2C1.CC(=O)CBr.CC(C)(F)CN1C(c2c(F)cc(I)cc2F)c2[nH]c3ccccc3c2CC1C(F)(F)F.CC(C)(F)CNC(Cc1c[nH]c2ccccc12)C(F)(F)F.CCC(C)(C)F.NC(Cc1c[nH]c2ccccc12)C(F)(F)F.O/N=C(/Cc1c[nH]c2ccccc12)C(F)(F)F.O=Cc1c(F)cc(I)cc1F.OCCO. The molecular formula is C88H96Br2F19I2N9O6. The number of fused-ring (bicyclic) bond motifs is 7. The van der Waals surface area contributed by atoms with Crippen molar-refractivity contribution in [3.8, 4) is 0 Å². The number of rotatable bonds is 17. The van der Waals surface area contributed by atoms with Crippen molar-refractivity contribution in [3.05, 3.63) is 251 Å². The molecule has 0 bridgehead atoms. The molecule has 4 unspecified atom stereocenters. The number of aliphatic hydroxyl groups is 2. The number of aromatic amines is 4. The maximum Gasteiger partial charge on any atom is 0.433 e. The number of aldehydes is 1. The van der Waals surface area contributed by atoms with Crippen molar-refractivity contribution >= 4 is 150 Å². The standard InChI is InChI=1S/C22H19F6IN2.C15H18F4N2.C11H9F3N2O.C11H11F3N2.C9H8.C7H3F2IO.C5H11F.C3H6BrNO.C3H5BrO.C2H6O2/c1-21(2,25)10-31-17(22(26,27)28)9-13-12-5-3-4-6-16(12)30-19(13)20(31)18-14(23)7-11(29)8-15(18)24;1-14(2,16)9-21-13(15(17,18)19)7-10-8-20-12-6-4-3-5-11(10)12;12-11(13,14)10(16-17)5-7-6-15-9-4-2-1-3-8(7)9;12-11(13,14)10(15)5-7-6-16-9-4-2-1-3-8(7)9;1-2-5-9-7-3-6-8(9)4-1;8-6-1-4(10)2-7(9)5(6)3-11;1-4-5(2,3)6;1-3(2-4)5-6;1-3(5)2-4;3-1-2-4/h3-8,17,20,30H,9-10H2,1-2H3;3-6,8,13,20-21H,7,9H2,1-2H3;1-4,6,15,17H,5H2;1-4,6,10,16H,5,15H2;1-6H,7H2;1-3H;4H2,1-3H3;6H,2H2,1H3;2H2,1H3;3-4H,1-2H2/b;;16-10-;;;;;5-3+;;. The number of carbonyl (C=O) groups excluding carboxylic acids is 2. The molecule has 38 heteroatoms. The Morgan fingerprint density at radius 1 is 0.595 bits per heavy atom. The number of nitrogens with one attached hydrogen (secondary N) is 5. The van der Waals surface area contributed by atoms with Crippen molar-refractivity contribution in [1.29, 1.82) is 0 Å². The quantitative estimate of drug-likeness (QED) is 0.00791. The molecular weight excluding hydrogens is 2050 g/mol. The number of Topliss-reactive ketones (excluding diaryl/α,β-unsaturated/α-hetero) is 1. The van der Waals surface area contributed by atoms with E-state index in [9.17, 15) is 84.2 Å². The maximum absolute atomic E-state index is 15.0. The number of benzene rings is 7. The molecule has 7 aromatic carbocycles. The van der Waals surface area contributed by atoms with Crippen LogP contribution >= 0.6 is 77.0 Å². The van der Waals surface area contributed by atoms with Gasteiger partial charge in [-0.15, -0.1) is 0 Å². The first-order valence-corrected chi connectivity index (χ1v) is 42.6. The second-order valence-electron chi connectivity index (χ2n) is 30.0. The number of H-pyrrole nitrogens is 4. The number of aromatic nitrogens is 4. The number of hydrogen-bond acceptors (Lipinski definition) is 11. The molecule has 5 heterocycles. The van der Waals surface area contributed by atoms with Crippen LogP contribution in [0.15, 0.2) is 181 Å². The summed E-state index contributed by atoms with van der Waals surface area (Å²) in [5, 5.41) is 42.9. The number of nitrogens with two attached hydrogens (primary N) is 1. The summed E-state index contributed by atoms with van der Waals surface area (Å²) in [7, 11) is 0. The molecule has 4 atom stereocenters. The highest BCUT2D eigenvalue weighted by Gasteiger charge is 2.53. The lowest BCUT2D eigenvalue weighted by atomic mass is 9.86. The number of allylic oxidation sites excluding steroid dienone is 1. The summed E-state index contributed by atoms with van der Waals surface area (Å²) in [6.07, 6.45) is -8.54. The highest BCUT2D eigenvalue weighted by atomic mass is 127. The van der Waals surface area contributed by atoms with E-state index in [1.54, 1.807) is 157 Å². The lowest BCUT2D eigenvalue weighted by Gasteiger charge is -2.44. The van der Waals surface area contributed by atoms with E-state index in [4.69, 9.17) is 26.4 Å². The van der Waals surface area contributed by atoms with Gasteiger partial charge in [0.25, 0.3) is 0 Å². The van der Waals surface area contributed by atoms with Crippen molar-refractivity contribution in [2.45, 2.75) is 167 Å².